The summed E-state index contributed by atoms with van der Waals surface area (Å²) in [5, 5.41) is 9.09. The van der Waals surface area contributed by atoms with Crippen molar-refractivity contribution in [1.29, 1.82) is 0 Å². The van der Waals surface area contributed by atoms with E-state index < -0.39 is 16.0 Å². The first-order valence-corrected chi connectivity index (χ1v) is 7.56. The molecule has 0 aliphatic heterocycles. The van der Waals surface area contributed by atoms with Crippen LogP contribution in [-0.2, 0) is 21.4 Å². The lowest BCUT2D eigenvalue weighted by molar-refractivity contribution is -0.133. The number of hydrogen-bond acceptors (Lipinski definition) is 5. The molecule has 0 saturated heterocycles. The molecule has 96 valence electrons. The Morgan fingerprint density at radius 1 is 1.65 bits per heavy atom. The van der Waals surface area contributed by atoms with Gasteiger partial charge in [-0.2, -0.15) is 0 Å². The van der Waals surface area contributed by atoms with Crippen LogP contribution in [0.5, 0.6) is 0 Å². The number of nitrogens with zero attached hydrogens (tertiary/aromatic N) is 2. The predicted molar refractivity (Wildman–Crippen MR) is 63.4 cm³/mol. The summed E-state index contributed by atoms with van der Waals surface area (Å²) in [5.74, 6) is -0.991. The van der Waals surface area contributed by atoms with Crippen LogP contribution < -0.4 is 4.72 Å². The molecule has 0 amide bonds. The molecule has 1 aromatic heterocycles. The lowest BCUT2D eigenvalue weighted by Crippen LogP contribution is -2.26. The fourth-order valence-electron chi connectivity index (χ4n) is 1.08. The van der Waals surface area contributed by atoms with Crippen molar-refractivity contribution in [2.45, 2.75) is 11.7 Å². The van der Waals surface area contributed by atoms with Crippen molar-refractivity contribution in [1.82, 2.24) is 14.3 Å². The monoisotopic (exact) mass is 279 g/mol. The minimum Gasteiger partial charge on any atom is -0.481 e. The number of sulfonamides is 1. The number of imidazole rings is 1. The van der Waals surface area contributed by atoms with E-state index in [4.69, 9.17) is 5.11 Å². The summed E-state index contributed by atoms with van der Waals surface area (Å²) in [6.07, 6.45) is 4.31. The lowest BCUT2D eigenvalue weighted by atomic mass is 10.6. The van der Waals surface area contributed by atoms with E-state index in [2.05, 4.69) is 9.71 Å². The van der Waals surface area contributed by atoms with E-state index in [0.717, 1.165) is 18.0 Å². The van der Waals surface area contributed by atoms with E-state index in [9.17, 15) is 13.2 Å². The topological polar surface area (TPSA) is 101 Å². The van der Waals surface area contributed by atoms with E-state index in [1.165, 1.54) is 0 Å². The smallest absolute Gasteiger partial charge is 0.313 e. The number of rotatable bonds is 7. The van der Waals surface area contributed by atoms with Crippen molar-refractivity contribution in [2.24, 2.45) is 0 Å². The zero-order chi connectivity index (χ0) is 12.9. The molecule has 0 aliphatic carbocycles. The van der Waals surface area contributed by atoms with Crippen LogP contribution in [0.25, 0.3) is 0 Å². The summed E-state index contributed by atoms with van der Waals surface area (Å²) in [7, 11) is -3.20. The number of hydrogen-bond donors (Lipinski definition) is 2. The maximum absolute atomic E-state index is 10.8. The Hall–Kier alpha value is -1.06. The van der Waals surface area contributed by atoms with Gasteiger partial charge in [0.15, 0.2) is 5.16 Å². The molecule has 0 aliphatic rings. The molecule has 7 nitrogen and oxygen atoms in total. The molecule has 0 atom stereocenters. The highest BCUT2D eigenvalue weighted by Crippen LogP contribution is 2.14. The Balaban J connectivity index is 2.48. The molecule has 0 spiro atoms. The molecule has 0 unspecified atom stereocenters. The molecule has 1 aromatic rings. The Morgan fingerprint density at radius 2 is 2.35 bits per heavy atom. The zero-order valence-corrected chi connectivity index (χ0v) is 10.8. The second-order valence-corrected chi connectivity index (χ2v) is 6.03. The largest absolute Gasteiger partial charge is 0.481 e. The molecule has 1 rings (SSSR count). The number of thioether (sulfide) groups is 1. The highest BCUT2D eigenvalue weighted by molar-refractivity contribution is 7.99. The molecule has 17 heavy (non-hydrogen) atoms. The lowest BCUT2D eigenvalue weighted by Gasteiger charge is -2.06. The second kappa shape index (κ2) is 6.03. The number of nitrogens with one attached hydrogen (secondary N) is 1. The van der Waals surface area contributed by atoms with Crippen LogP contribution in [0.1, 0.15) is 0 Å². The fraction of sp³-hybridized carbons (Fsp3) is 0.500. The van der Waals surface area contributed by atoms with Crippen LogP contribution in [0.2, 0.25) is 0 Å². The fourth-order valence-corrected chi connectivity index (χ4v) is 2.25. The summed E-state index contributed by atoms with van der Waals surface area (Å²) in [6, 6.07) is 0. The molecule has 1 heterocycles. The molecule has 2 N–H and O–H groups in total. The molecule has 0 aromatic carbocycles. The normalized spacial score (nSPS) is 11.6. The standard InChI is InChI=1S/C8H13N3O4S2/c1-17(14,15)10-3-5-11-4-2-9-8(11)16-6-7(12)13/h2,4,10H,3,5-6H2,1H3,(H,12,13). The van der Waals surface area contributed by atoms with Crippen molar-refractivity contribution in [3.8, 4) is 0 Å². The number of carbonyl (C=O) groups is 1. The second-order valence-electron chi connectivity index (χ2n) is 3.25. The maximum Gasteiger partial charge on any atom is 0.313 e. The van der Waals surface area contributed by atoms with Crippen molar-refractivity contribution < 1.29 is 18.3 Å². The predicted octanol–water partition coefficient (Wildman–Crippen LogP) is -0.391. The van der Waals surface area contributed by atoms with E-state index in [0.29, 0.717) is 11.7 Å². The Kier molecular flexibility index (Phi) is 4.97. The van der Waals surface area contributed by atoms with Crippen molar-refractivity contribution in [3.05, 3.63) is 12.4 Å². The van der Waals surface area contributed by atoms with Crippen molar-refractivity contribution >= 4 is 27.8 Å². The van der Waals surface area contributed by atoms with E-state index in [1.807, 2.05) is 0 Å². The van der Waals surface area contributed by atoms with Gasteiger partial charge in [-0.15, -0.1) is 0 Å². The summed E-state index contributed by atoms with van der Waals surface area (Å²) < 4.78 is 25.7. The van der Waals surface area contributed by atoms with Crippen LogP contribution in [0.3, 0.4) is 0 Å². The Labute approximate surface area is 103 Å². The van der Waals surface area contributed by atoms with Crippen LogP contribution >= 0.6 is 11.8 Å². The number of aromatic nitrogens is 2. The van der Waals surface area contributed by atoms with Crippen LogP contribution in [-0.4, -0.2) is 47.6 Å². The van der Waals surface area contributed by atoms with Gasteiger partial charge < -0.3 is 9.67 Å². The van der Waals surface area contributed by atoms with Gasteiger partial charge in [-0.05, 0) is 0 Å². The molecule has 9 heteroatoms. The summed E-state index contributed by atoms with van der Waals surface area (Å²) in [5.41, 5.74) is 0. The average Bonchev–Trinajstić information content (AvgIpc) is 2.60. The van der Waals surface area contributed by atoms with Crippen LogP contribution in [0.15, 0.2) is 17.6 Å². The maximum atomic E-state index is 10.8. The van der Waals surface area contributed by atoms with Gasteiger partial charge in [0.2, 0.25) is 10.0 Å². The Bertz CT molecular complexity index is 483. The van der Waals surface area contributed by atoms with E-state index in [1.54, 1.807) is 17.0 Å². The van der Waals surface area contributed by atoms with Crippen LogP contribution in [0, 0.1) is 0 Å². The minimum atomic E-state index is -3.20. The van der Waals surface area contributed by atoms with Gasteiger partial charge in [0.25, 0.3) is 0 Å². The molecule has 0 radical (unpaired) electrons. The quantitative estimate of drug-likeness (QED) is 0.659. The summed E-state index contributed by atoms with van der Waals surface area (Å²) in [4.78, 5) is 14.4. The molecular weight excluding hydrogens is 266 g/mol. The van der Waals surface area contributed by atoms with Gasteiger partial charge in [0, 0.05) is 25.5 Å². The number of carboxylic acid groups (broad SMARTS) is 1. The minimum absolute atomic E-state index is 0.0729. The molecular formula is C8H13N3O4S2. The van der Waals surface area contributed by atoms with E-state index in [-0.39, 0.29) is 12.3 Å². The number of aliphatic carboxylic acids is 1. The molecule has 0 bridgehead atoms. The van der Waals surface area contributed by atoms with Gasteiger partial charge in [-0.1, -0.05) is 11.8 Å². The van der Waals surface area contributed by atoms with Crippen LogP contribution in [0.4, 0.5) is 0 Å². The van der Waals surface area contributed by atoms with E-state index >= 15 is 0 Å². The summed E-state index contributed by atoms with van der Waals surface area (Å²) >= 11 is 1.09. The van der Waals surface area contributed by atoms with Gasteiger partial charge in [-0.25, -0.2) is 18.1 Å². The summed E-state index contributed by atoms with van der Waals surface area (Å²) in [6.45, 7) is 0.658. The van der Waals surface area contributed by atoms with Gasteiger partial charge >= 0.3 is 5.97 Å². The SMILES string of the molecule is CS(=O)(=O)NCCn1ccnc1SCC(=O)O. The highest BCUT2D eigenvalue weighted by atomic mass is 32.2. The van der Waals surface area contributed by atoms with Gasteiger partial charge in [0.1, 0.15) is 0 Å². The average molecular weight is 279 g/mol. The first-order chi connectivity index (χ1) is 7.88. The van der Waals surface area contributed by atoms with Gasteiger partial charge in [-0.3, -0.25) is 4.79 Å². The molecule has 0 saturated carbocycles. The van der Waals surface area contributed by atoms with Crippen molar-refractivity contribution in [3.63, 3.8) is 0 Å². The van der Waals surface area contributed by atoms with Gasteiger partial charge in [0.05, 0.1) is 12.0 Å². The Morgan fingerprint density at radius 3 is 2.94 bits per heavy atom. The third kappa shape index (κ3) is 5.71. The highest BCUT2D eigenvalue weighted by Gasteiger charge is 2.07. The van der Waals surface area contributed by atoms with Crippen molar-refractivity contribution in [2.75, 3.05) is 18.6 Å². The first-order valence-electron chi connectivity index (χ1n) is 4.69. The first kappa shape index (κ1) is 14.0. The zero-order valence-electron chi connectivity index (χ0n) is 9.16. The molecule has 0 fully saturated rings. The third-order valence-electron chi connectivity index (χ3n) is 1.72. The third-order valence-corrected chi connectivity index (χ3v) is 3.44. The number of carboxylic acids is 1.